The third-order valence-electron chi connectivity index (χ3n) is 5.07. The topological polar surface area (TPSA) is 46.3 Å². The lowest BCUT2D eigenvalue weighted by atomic mass is 9.93. The van der Waals surface area contributed by atoms with Crippen molar-refractivity contribution in [3.63, 3.8) is 0 Å². The summed E-state index contributed by atoms with van der Waals surface area (Å²) in [4.78, 5) is 19.4. The molecule has 0 radical (unpaired) electrons. The van der Waals surface area contributed by atoms with Crippen molar-refractivity contribution in [3.8, 4) is 0 Å². The summed E-state index contributed by atoms with van der Waals surface area (Å²) in [6.07, 6.45) is 2.10. The van der Waals surface area contributed by atoms with Crippen LogP contribution in [0.1, 0.15) is 55.5 Å². The van der Waals surface area contributed by atoms with Crippen LogP contribution in [0.2, 0.25) is 0 Å². The Labute approximate surface area is 140 Å². The van der Waals surface area contributed by atoms with Crippen LogP contribution in [0, 0.1) is 5.82 Å². The molecular formula is C19H21FN2O2. The lowest BCUT2D eigenvalue weighted by Crippen LogP contribution is -2.42. The highest BCUT2D eigenvalue weighted by molar-refractivity contribution is 5.91. The number of hydrogen-bond donors (Lipinski definition) is 0. The van der Waals surface area contributed by atoms with Gasteiger partial charge in [-0.25, -0.2) is 9.37 Å². The van der Waals surface area contributed by atoms with E-state index in [9.17, 15) is 9.18 Å². The van der Waals surface area contributed by atoms with Gasteiger partial charge in [0.2, 0.25) is 5.91 Å². The van der Waals surface area contributed by atoms with E-state index < -0.39 is 5.41 Å². The molecule has 0 unspecified atom stereocenters. The minimum Gasteiger partial charge on any atom is -0.445 e. The molecule has 2 aromatic rings. The molecule has 1 amide bonds. The largest absolute Gasteiger partial charge is 0.445 e. The van der Waals surface area contributed by atoms with Crippen LogP contribution in [0.25, 0.3) is 0 Å². The summed E-state index contributed by atoms with van der Waals surface area (Å²) in [5.41, 5.74) is 0.708. The first-order valence-electron chi connectivity index (χ1n) is 8.54. The van der Waals surface area contributed by atoms with Crippen LogP contribution in [-0.4, -0.2) is 22.3 Å². The van der Waals surface area contributed by atoms with Crippen molar-refractivity contribution < 1.29 is 13.6 Å². The predicted octanol–water partition coefficient (Wildman–Crippen LogP) is 3.55. The van der Waals surface area contributed by atoms with Crippen LogP contribution in [-0.2, 0) is 23.2 Å². The molecule has 2 heterocycles. The minimum atomic E-state index is -0.673. The van der Waals surface area contributed by atoms with Gasteiger partial charge < -0.3 is 9.32 Å². The Morgan fingerprint density at radius 3 is 2.75 bits per heavy atom. The summed E-state index contributed by atoms with van der Waals surface area (Å²) in [6, 6.07) is 6.63. The highest BCUT2D eigenvalue weighted by Crippen LogP contribution is 2.50. The SMILES string of the molecule is CC(C)c1nc2c(o1)CCN(C(=O)C1(c3ccccc3F)CC1)C2. The van der Waals surface area contributed by atoms with E-state index in [1.54, 1.807) is 18.2 Å². The molecule has 0 saturated heterocycles. The Morgan fingerprint density at radius 1 is 1.33 bits per heavy atom. The monoisotopic (exact) mass is 328 g/mol. The Hall–Kier alpha value is -2.17. The van der Waals surface area contributed by atoms with Gasteiger partial charge >= 0.3 is 0 Å². The lowest BCUT2D eigenvalue weighted by Gasteiger charge is -2.29. The first-order valence-corrected chi connectivity index (χ1v) is 8.54. The lowest BCUT2D eigenvalue weighted by molar-refractivity contribution is -0.135. The first kappa shape index (κ1) is 15.4. The number of aromatic nitrogens is 1. The van der Waals surface area contributed by atoms with Crippen LogP contribution in [0.4, 0.5) is 4.39 Å². The van der Waals surface area contributed by atoms with Gasteiger partial charge in [0.15, 0.2) is 5.89 Å². The Bertz CT molecular complexity index is 792. The fourth-order valence-electron chi connectivity index (χ4n) is 3.51. The number of amides is 1. The molecule has 1 aromatic carbocycles. The van der Waals surface area contributed by atoms with Crippen molar-refractivity contribution in [2.24, 2.45) is 0 Å². The molecule has 1 saturated carbocycles. The number of halogens is 1. The summed E-state index contributed by atoms with van der Waals surface area (Å²) >= 11 is 0. The van der Waals surface area contributed by atoms with E-state index in [1.807, 2.05) is 18.7 Å². The molecule has 1 aromatic heterocycles. The molecule has 0 atom stereocenters. The van der Waals surface area contributed by atoms with Gasteiger partial charge in [0, 0.05) is 24.4 Å². The maximum atomic E-state index is 14.2. The molecule has 4 rings (SSSR count). The number of carbonyl (C=O) groups excluding carboxylic acids is 1. The van der Waals surface area contributed by atoms with Gasteiger partial charge in [-0.15, -0.1) is 0 Å². The number of hydrogen-bond acceptors (Lipinski definition) is 3. The standard InChI is InChI=1S/C19H21FN2O2/c1-12(2)17-21-15-11-22(10-7-16(15)24-17)18(23)19(8-9-19)13-5-3-4-6-14(13)20/h3-6,12H,7-11H2,1-2H3. The fraction of sp³-hybridized carbons (Fsp3) is 0.474. The molecule has 1 aliphatic heterocycles. The molecule has 1 fully saturated rings. The minimum absolute atomic E-state index is 0.0207. The van der Waals surface area contributed by atoms with Gasteiger partial charge in [0.25, 0.3) is 0 Å². The Balaban J connectivity index is 1.59. The molecule has 5 heteroatoms. The van der Waals surface area contributed by atoms with E-state index >= 15 is 0 Å². The Morgan fingerprint density at radius 2 is 2.08 bits per heavy atom. The van der Waals surface area contributed by atoms with Crippen molar-refractivity contribution in [3.05, 3.63) is 53.0 Å². The second-order valence-electron chi connectivity index (χ2n) is 7.12. The maximum Gasteiger partial charge on any atom is 0.233 e. The fourth-order valence-corrected chi connectivity index (χ4v) is 3.51. The molecular weight excluding hydrogens is 307 g/mol. The van der Waals surface area contributed by atoms with Gasteiger partial charge in [-0.2, -0.15) is 0 Å². The van der Waals surface area contributed by atoms with E-state index in [0.29, 0.717) is 37.9 Å². The first-order chi connectivity index (χ1) is 11.5. The predicted molar refractivity (Wildman–Crippen MR) is 87.0 cm³/mol. The summed E-state index contributed by atoms with van der Waals surface area (Å²) in [5.74, 6) is 1.58. The van der Waals surface area contributed by atoms with Crippen molar-refractivity contribution in [1.82, 2.24) is 9.88 Å². The molecule has 0 bridgehead atoms. The van der Waals surface area contributed by atoms with E-state index in [-0.39, 0.29) is 17.6 Å². The molecule has 0 N–H and O–H groups in total. The molecule has 24 heavy (non-hydrogen) atoms. The van der Waals surface area contributed by atoms with Gasteiger partial charge in [-0.05, 0) is 18.9 Å². The van der Waals surface area contributed by atoms with Crippen LogP contribution >= 0.6 is 0 Å². The zero-order valence-electron chi connectivity index (χ0n) is 14.0. The number of nitrogens with zero attached hydrogens (tertiary/aromatic N) is 2. The summed E-state index contributed by atoms with van der Waals surface area (Å²) in [5, 5.41) is 0. The smallest absolute Gasteiger partial charge is 0.233 e. The second-order valence-corrected chi connectivity index (χ2v) is 7.12. The van der Waals surface area contributed by atoms with Crippen molar-refractivity contribution in [1.29, 1.82) is 0 Å². The van der Waals surface area contributed by atoms with Crippen molar-refractivity contribution in [2.45, 2.75) is 51.0 Å². The summed E-state index contributed by atoms with van der Waals surface area (Å²) < 4.78 is 20.0. The molecule has 4 nitrogen and oxygen atoms in total. The zero-order valence-corrected chi connectivity index (χ0v) is 14.0. The third kappa shape index (κ3) is 2.34. The van der Waals surface area contributed by atoms with Gasteiger partial charge in [-0.1, -0.05) is 32.0 Å². The second kappa shape index (κ2) is 5.43. The van der Waals surface area contributed by atoms with Gasteiger partial charge in [0.1, 0.15) is 17.3 Å². The normalized spacial score (nSPS) is 18.6. The van der Waals surface area contributed by atoms with Crippen LogP contribution < -0.4 is 0 Å². The molecule has 1 aliphatic carbocycles. The third-order valence-corrected chi connectivity index (χ3v) is 5.07. The van der Waals surface area contributed by atoms with Gasteiger partial charge in [0.05, 0.1) is 12.0 Å². The molecule has 126 valence electrons. The number of fused-ring (bicyclic) bond motifs is 1. The highest BCUT2D eigenvalue weighted by Gasteiger charge is 2.54. The van der Waals surface area contributed by atoms with Crippen LogP contribution in [0.3, 0.4) is 0 Å². The average Bonchev–Trinajstić information content (AvgIpc) is 3.26. The van der Waals surface area contributed by atoms with Crippen LogP contribution in [0.5, 0.6) is 0 Å². The molecule has 2 aliphatic rings. The Kier molecular flexibility index (Phi) is 3.48. The van der Waals surface area contributed by atoms with E-state index in [2.05, 4.69) is 4.98 Å². The highest BCUT2D eigenvalue weighted by atomic mass is 19.1. The van der Waals surface area contributed by atoms with E-state index in [0.717, 1.165) is 17.3 Å². The van der Waals surface area contributed by atoms with Gasteiger partial charge in [-0.3, -0.25) is 4.79 Å². The van der Waals surface area contributed by atoms with E-state index in [4.69, 9.17) is 4.42 Å². The number of benzene rings is 1. The number of carbonyl (C=O) groups is 1. The summed E-state index contributed by atoms with van der Waals surface area (Å²) in [6.45, 7) is 5.14. The summed E-state index contributed by atoms with van der Waals surface area (Å²) in [7, 11) is 0. The van der Waals surface area contributed by atoms with Crippen molar-refractivity contribution in [2.75, 3.05) is 6.54 Å². The quantitative estimate of drug-likeness (QED) is 0.865. The molecule has 0 spiro atoms. The van der Waals surface area contributed by atoms with E-state index in [1.165, 1.54) is 6.07 Å². The zero-order chi connectivity index (χ0) is 16.9. The van der Waals surface area contributed by atoms with Crippen molar-refractivity contribution >= 4 is 5.91 Å². The number of rotatable bonds is 3. The average molecular weight is 328 g/mol. The maximum absolute atomic E-state index is 14.2. The van der Waals surface area contributed by atoms with Crippen LogP contribution in [0.15, 0.2) is 28.7 Å². The number of oxazole rings is 1.